The normalized spacial score (nSPS) is 22.3. The number of pyridine rings is 1. The Morgan fingerprint density at radius 2 is 2.30 bits per heavy atom. The summed E-state index contributed by atoms with van der Waals surface area (Å²) in [5, 5.41) is 3.36. The first-order valence-corrected chi connectivity index (χ1v) is 8.62. The average Bonchev–Trinajstić information content (AvgIpc) is 3.16. The lowest BCUT2D eigenvalue weighted by Crippen LogP contribution is -2.21. The molecule has 1 atom stereocenters. The van der Waals surface area contributed by atoms with Crippen molar-refractivity contribution >= 4 is 12.1 Å². The molecule has 1 saturated heterocycles. The van der Waals surface area contributed by atoms with Gasteiger partial charge in [-0.1, -0.05) is 13.0 Å². The van der Waals surface area contributed by atoms with Gasteiger partial charge in [-0.05, 0) is 44.5 Å². The third-order valence-electron chi connectivity index (χ3n) is 5.10. The van der Waals surface area contributed by atoms with Crippen LogP contribution in [0.2, 0.25) is 0 Å². The van der Waals surface area contributed by atoms with E-state index in [-0.39, 0.29) is 5.41 Å². The summed E-state index contributed by atoms with van der Waals surface area (Å²) < 4.78 is 5.55. The zero-order valence-electron chi connectivity index (χ0n) is 14.2. The third-order valence-corrected chi connectivity index (χ3v) is 5.10. The summed E-state index contributed by atoms with van der Waals surface area (Å²) in [6, 6.07) is 4.23. The Balaban J connectivity index is 1.75. The molecule has 126 valence electrons. The summed E-state index contributed by atoms with van der Waals surface area (Å²) in [5.41, 5.74) is 2.30. The quantitative estimate of drug-likeness (QED) is 0.746. The number of nitrogens with one attached hydrogen (secondary N) is 1. The number of nitrogens with zero attached hydrogens (tertiary/aromatic N) is 2. The fraction of sp³-hybridized carbons (Fsp3) is 0.667. The molecule has 1 aromatic heterocycles. The molecule has 23 heavy (non-hydrogen) atoms. The molecule has 0 spiro atoms. The number of carbonyl (C=O) groups excluding carboxylic acids is 1. The molecule has 2 aliphatic rings. The van der Waals surface area contributed by atoms with E-state index in [1.54, 1.807) is 0 Å². The molecule has 1 unspecified atom stereocenters. The van der Waals surface area contributed by atoms with Crippen molar-refractivity contribution in [3.63, 3.8) is 0 Å². The van der Waals surface area contributed by atoms with E-state index in [1.165, 1.54) is 5.56 Å². The van der Waals surface area contributed by atoms with Gasteiger partial charge in [-0.15, -0.1) is 0 Å². The van der Waals surface area contributed by atoms with Crippen LogP contribution in [0, 0.1) is 5.41 Å². The van der Waals surface area contributed by atoms with Gasteiger partial charge in [0, 0.05) is 31.0 Å². The molecule has 5 heteroatoms. The van der Waals surface area contributed by atoms with Crippen molar-refractivity contribution in [3.05, 3.63) is 23.4 Å². The summed E-state index contributed by atoms with van der Waals surface area (Å²) in [6.45, 7) is 6.33. The van der Waals surface area contributed by atoms with Crippen LogP contribution in [0.25, 0.3) is 0 Å². The van der Waals surface area contributed by atoms with Crippen LogP contribution in [0.4, 0.5) is 5.82 Å². The summed E-state index contributed by atoms with van der Waals surface area (Å²) >= 11 is 0. The first-order chi connectivity index (χ1) is 11.2. The van der Waals surface area contributed by atoms with E-state index < -0.39 is 0 Å². The Labute approximate surface area is 138 Å². The molecule has 0 radical (unpaired) electrons. The number of hydrogen-bond donors (Lipinski definition) is 1. The number of aromatic nitrogens is 1. The number of hydrogen-bond acceptors (Lipinski definition) is 5. The second kappa shape index (κ2) is 6.97. The Morgan fingerprint density at radius 1 is 1.48 bits per heavy atom. The number of rotatable bonds is 8. The summed E-state index contributed by atoms with van der Waals surface area (Å²) in [5.74, 6) is 1.34. The second-order valence-electron chi connectivity index (χ2n) is 6.96. The Kier molecular flexibility index (Phi) is 4.97. The SMILES string of the molecule is CCN(C)Cc1nc(NCC2(C=O)CC2)ccc1C1CCOC1. The lowest BCUT2D eigenvalue weighted by atomic mass is 9.96. The minimum absolute atomic E-state index is 0.139. The van der Waals surface area contributed by atoms with Crippen molar-refractivity contribution < 1.29 is 9.53 Å². The molecule has 1 N–H and O–H groups in total. The summed E-state index contributed by atoms with van der Waals surface area (Å²) in [4.78, 5) is 18.2. The smallest absolute Gasteiger partial charge is 0.127 e. The molecule has 2 heterocycles. The number of anilines is 1. The van der Waals surface area contributed by atoms with E-state index in [0.29, 0.717) is 12.5 Å². The minimum Gasteiger partial charge on any atom is -0.381 e. The van der Waals surface area contributed by atoms with Gasteiger partial charge in [-0.2, -0.15) is 0 Å². The van der Waals surface area contributed by atoms with Gasteiger partial charge in [0.15, 0.2) is 0 Å². The van der Waals surface area contributed by atoms with Crippen LogP contribution in [0.3, 0.4) is 0 Å². The number of carbonyl (C=O) groups is 1. The molecule has 0 amide bonds. The maximum atomic E-state index is 11.1. The van der Waals surface area contributed by atoms with Crippen molar-refractivity contribution in [2.75, 3.05) is 38.7 Å². The van der Waals surface area contributed by atoms with Crippen molar-refractivity contribution in [1.29, 1.82) is 0 Å². The van der Waals surface area contributed by atoms with Crippen LogP contribution >= 0.6 is 0 Å². The predicted octanol–water partition coefficient (Wildman–Crippen LogP) is 2.43. The van der Waals surface area contributed by atoms with E-state index in [0.717, 1.165) is 63.4 Å². The number of ether oxygens (including phenoxy) is 1. The lowest BCUT2D eigenvalue weighted by Gasteiger charge is -2.20. The molecule has 3 rings (SSSR count). The zero-order valence-corrected chi connectivity index (χ0v) is 14.2. The molecule has 0 bridgehead atoms. The molecule has 0 aromatic carbocycles. The van der Waals surface area contributed by atoms with Crippen LogP contribution < -0.4 is 5.32 Å². The molecular formula is C18H27N3O2. The molecule has 1 aliphatic carbocycles. The molecule has 5 nitrogen and oxygen atoms in total. The molecule has 1 aliphatic heterocycles. The third kappa shape index (κ3) is 3.90. The highest BCUT2D eigenvalue weighted by molar-refractivity contribution is 5.64. The van der Waals surface area contributed by atoms with E-state index >= 15 is 0 Å². The predicted molar refractivity (Wildman–Crippen MR) is 90.6 cm³/mol. The van der Waals surface area contributed by atoms with Gasteiger partial charge in [-0.3, -0.25) is 0 Å². The molecule has 2 fully saturated rings. The van der Waals surface area contributed by atoms with E-state index in [2.05, 4.69) is 30.3 Å². The minimum atomic E-state index is -0.139. The maximum absolute atomic E-state index is 11.1. The highest BCUT2D eigenvalue weighted by Gasteiger charge is 2.42. The highest BCUT2D eigenvalue weighted by atomic mass is 16.5. The first kappa shape index (κ1) is 16.4. The fourth-order valence-electron chi connectivity index (χ4n) is 3.02. The van der Waals surface area contributed by atoms with Gasteiger partial charge >= 0.3 is 0 Å². The molecule has 1 saturated carbocycles. The van der Waals surface area contributed by atoms with Crippen LogP contribution in [0.15, 0.2) is 12.1 Å². The topological polar surface area (TPSA) is 54.5 Å². The van der Waals surface area contributed by atoms with E-state index in [1.807, 2.05) is 6.07 Å². The van der Waals surface area contributed by atoms with Gasteiger partial charge in [0.1, 0.15) is 12.1 Å². The van der Waals surface area contributed by atoms with Gasteiger partial charge in [-0.25, -0.2) is 4.98 Å². The van der Waals surface area contributed by atoms with E-state index in [4.69, 9.17) is 9.72 Å². The monoisotopic (exact) mass is 317 g/mol. The maximum Gasteiger partial charge on any atom is 0.127 e. The first-order valence-electron chi connectivity index (χ1n) is 8.62. The average molecular weight is 317 g/mol. The Bertz CT molecular complexity index is 551. The van der Waals surface area contributed by atoms with Gasteiger partial charge in [0.05, 0.1) is 12.3 Å². The van der Waals surface area contributed by atoms with Gasteiger partial charge in [0.2, 0.25) is 0 Å². The van der Waals surface area contributed by atoms with E-state index in [9.17, 15) is 4.79 Å². The summed E-state index contributed by atoms with van der Waals surface area (Å²) in [7, 11) is 2.11. The van der Waals surface area contributed by atoms with Gasteiger partial charge < -0.3 is 19.7 Å². The van der Waals surface area contributed by atoms with Crippen LogP contribution in [-0.2, 0) is 16.1 Å². The van der Waals surface area contributed by atoms with Crippen molar-refractivity contribution in [2.45, 2.75) is 38.6 Å². The van der Waals surface area contributed by atoms with Crippen molar-refractivity contribution in [1.82, 2.24) is 9.88 Å². The summed E-state index contributed by atoms with van der Waals surface area (Å²) in [6.07, 6.45) is 4.15. The zero-order chi connectivity index (χ0) is 16.3. The van der Waals surface area contributed by atoms with Crippen LogP contribution in [0.1, 0.15) is 43.4 Å². The van der Waals surface area contributed by atoms with Gasteiger partial charge in [0.25, 0.3) is 0 Å². The highest BCUT2D eigenvalue weighted by Crippen LogP contribution is 2.43. The van der Waals surface area contributed by atoms with Crippen LogP contribution in [-0.4, -0.2) is 49.5 Å². The fourth-order valence-corrected chi connectivity index (χ4v) is 3.02. The number of aldehydes is 1. The lowest BCUT2D eigenvalue weighted by molar-refractivity contribution is -0.111. The second-order valence-corrected chi connectivity index (χ2v) is 6.96. The molecule has 1 aromatic rings. The molecular weight excluding hydrogens is 290 g/mol. The van der Waals surface area contributed by atoms with Crippen LogP contribution in [0.5, 0.6) is 0 Å². The Morgan fingerprint density at radius 3 is 2.91 bits per heavy atom. The van der Waals surface area contributed by atoms with Crippen molar-refractivity contribution in [2.24, 2.45) is 5.41 Å². The van der Waals surface area contributed by atoms with Crippen molar-refractivity contribution in [3.8, 4) is 0 Å². The Hall–Kier alpha value is -1.46. The largest absolute Gasteiger partial charge is 0.381 e. The standard InChI is InChI=1S/C18H27N3O2/c1-3-21(2)10-16-15(14-6-9-23-11-14)4-5-17(20-16)19-12-18(13-22)7-8-18/h4-5,13-14H,3,6-12H2,1-2H3,(H,19,20).